The molecule has 0 fully saturated rings. The molecule has 0 aromatic heterocycles. The standard InChI is InChI=1S/C21H24N2O5/c1-12(2)18(23-19(24)14-6-9-16(28-4)10-7-14)20(25)22-15-8-5-13(3)17(11-15)21(26)27/h5-12,18H,1-4H3,(H,22,25)(H,23,24)(H,26,27). The number of carboxylic acid groups (broad SMARTS) is 1. The summed E-state index contributed by atoms with van der Waals surface area (Å²) < 4.78 is 5.07. The van der Waals surface area contributed by atoms with Crippen LogP contribution in [0.1, 0.15) is 40.1 Å². The molecule has 0 radical (unpaired) electrons. The first-order valence-electron chi connectivity index (χ1n) is 8.82. The molecule has 1 atom stereocenters. The Labute approximate surface area is 163 Å². The van der Waals surface area contributed by atoms with Crippen molar-refractivity contribution < 1.29 is 24.2 Å². The van der Waals surface area contributed by atoms with Gasteiger partial charge in [-0.2, -0.15) is 0 Å². The average Bonchev–Trinajstić information content (AvgIpc) is 2.66. The molecule has 28 heavy (non-hydrogen) atoms. The van der Waals surface area contributed by atoms with Gasteiger partial charge >= 0.3 is 5.97 Å². The van der Waals surface area contributed by atoms with E-state index in [0.29, 0.717) is 22.6 Å². The Bertz CT molecular complexity index is 875. The van der Waals surface area contributed by atoms with Crippen LogP contribution >= 0.6 is 0 Å². The van der Waals surface area contributed by atoms with Crippen LogP contribution in [0.5, 0.6) is 5.75 Å². The van der Waals surface area contributed by atoms with Gasteiger partial charge in [-0.25, -0.2) is 4.79 Å². The summed E-state index contributed by atoms with van der Waals surface area (Å²) in [5.74, 6) is -1.42. The van der Waals surface area contributed by atoms with E-state index in [9.17, 15) is 19.5 Å². The highest BCUT2D eigenvalue weighted by Gasteiger charge is 2.25. The Balaban J connectivity index is 2.14. The Morgan fingerprint density at radius 3 is 2.21 bits per heavy atom. The predicted octanol–water partition coefficient (Wildman–Crippen LogP) is 3.09. The number of methoxy groups -OCH3 is 1. The summed E-state index contributed by atoms with van der Waals surface area (Å²) in [5.41, 5.74) is 1.47. The number of carbonyl (C=O) groups is 3. The molecule has 0 saturated heterocycles. The van der Waals surface area contributed by atoms with Gasteiger partial charge < -0.3 is 20.5 Å². The van der Waals surface area contributed by atoms with Crippen LogP contribution in [0.2, 0.25) is 0 Å². The van der Waals surface area contributed by atoms with Crippen molar-refractivity contribution in [2.75, 3.05) is 12.4 Å². The molecule has 2 aromatic rings. The molecular weight excluding hydrogens is 360 g/mol. The van der Waals surface area contributed by atoms with Gasteiger partial charge in [-0.1, -0.05) is 19.9 Å². The number of hydrogen-bond donors (Lipinski definition) is 3. The maximum absolute atomic E-state index is 12.7. The van der Waals surface area contributed by atoms with Crippen molar-refractivity contribution in [1.29, 1.82) is 0 Å². The minimum atomic E-state index is -1.07. The lowest BCUT2D eigenvalue weighted by atomic mass is 10.0. The van der Waals surface area contributed by atoms with Gasteiger partial charge in [0.25, 0.3) is 5.91 Å². The number of rotatable bonds is 7. The molecule has 2 amide bonds. The zero-order chi connectivity index (χ0) is 20.8. The van der Waals surface area contributed by atoms with Gasteiger partial charge in [-0.05, 0) is 54.8 Å². The van der Waals surface area contributed by atoms with Crippen molar-refractivity contribution >= 4 is 23.5 Å². The molecule has 148 valence electrons. The van der Waals surface area contributed by atoms with E-state index >= 15 is 0 Å². The molecular formula is C21H24N2O5. The third-order valence-electron chi connectivity index (χ3n) is 4.32. The van der Waals surface area contributed by atoms with Gasteiger partial charge in [0.05, 0.1) is 12.7 Å². The van der Waals surface area contributed by atoms with Crippen LogP contribution in [0, 0.1) is 12.8 Å². The second-order valence-electron chi connectivity index (χ2n) is 6.75. The molecule has 0 aliphatic carbocycles. The zero-order valence-corrected chi connectivity index (χ0v) is 16.3. The highest BCUT2D eigenvalue weighted by Crippen LogP contribution is 2.17. The van der Waals surface area contributed by atoms with E-state index < -0.39 is 17.9 Å². The highest BCUT2D eigenvalue weighted by molar-refractivity contribution is 6.02. The Morgan fingerprint density at radius 2 is 1.68 bits per heavy atom. The first-order chi connectivity index (χ1) is 13.2. The normalized spacial score (nSPS) is 11.6. The van der Waals surface area contributed by atoms with Gasteiger partial charge in [0.1, 0.15) is 11.8 Å². The van der Waals surface area contributed by atoms with Crippen LogP contribution in [0.3, 0.4) is 0 Å². The zero-order valence-electron chi connectivity index (χ0n) is 16.3. The van der Waals surface area contributed by atoms with Gasteiger partial charge in [0, 0.05) is 11.3 Å². The van der Waals surface area contributed by atoms with E-state index in [4.69, 9.17) is 4.74 Å². The molecule has 0 heterocycles. The Hall–Kier alpha value is -3.35. The van der Waals surface area contributed by atoms with Crippen molar-refractivity contribution in [3.63, 3.8) is 0 Å². The van der Waals surface area contributed by atoms with Crippen molar-refractivity contribution in [1.82, 2.24) is 5.32 Å². The van der Waals surface area contributed by atoms with E-state index in [1.807, 2.05) is 13.8 Å². The largest absolute Gasteiger partial charge is 0.497 e. The molecule has 0 bridgehead atoms. The topological polar surface area (TPSA) is 105 Å². The van der Waals surface area contributed by atoms with Crippen LogP contribution in [-0.2, 0) is 4.79 Å². The molecule has 1 unspecified atom stereocenters. The molecule has 2 aromatic carbocycles. The van der Waals surface area contributed by atoms with E-state index in [2.05, 4.69) is 10.6 Å². The van der Waals surface area contributed by atoms with Crippen LogP contribution in [-0.4, -0.2) is 36.0 Å². The average molecular weight is 384 g/mol. The predicted molar refractivity (Wildman–Crippen MR) is 106 cm³/mol. The minimum Gasteiger partial charge on any atom is -0.497 e. The molecule has 0 saturated carbocycles. The van der Waals surface area contributed by atoms with E-state index in [-0.39, 0.29) is 17.4 Å². The fourth-order valence-electron chi connectivity index (χ4n) is 2.65. The second-order valence-corrected chi connectivity index (χ2v) is 6.75. The van der Waals surface area contributed by atoms with E-state index in [1.54, 1.807) is 43.3 Å². The Kier molecular flexibility index (Phi) is 6.76. The van der Waals surface area contributed by atoms with Gasteiger partial charge in [0.2, 0.25) is 5.91 Å². The second kappa shape index (κ2) is 9.03. The van der Waals surface area contributed by atoms with Crippen molar-refractivity contribution in [2.24, 2.45) is 5.92 Å². The Morgan fingerprint density at radius 1 is 1.04 bits per heavy atom. The summed E-state index contributed by atoms with van der Waals surface area (Å²) in [4.78, 5) is 36.5. The smallest absolute Gasteiger partial charge is 0.336 e. The number of nitrogens with one attached hydrogen (secondary N) is 2. The van der Waals surface area contributed by atoms with Crippen molar-refractivity contribution in [3.8, 4) is 5.75 Å². The number of ether oxygens (including phenoxy) is 1. The third-order valence-corrected chi connectivity index (χ3v) is 4.32. The number of amides is 2. The fourth-order valence-corrected chi connectivity index (χ4v) is 2.65. The van der Waals surface area contributed by atoms with Gasteiger partial charge in [0.15, 0.2) is 0 Å². The molecule has 0 aliphatic rings. The molecule has 7 nitrogen and oxygen atoms in total. The summed E-state index contributed by atoms with van der Waals surface area (Å²) >= 11 is 0. The molecule has 7 heteroatoms. The lowest BCUT2D eigenvalue weighted by molar-refractivity contribution is -0.118. The molecule has 2 rings (SSSR count). The number of carboxylic acids is 1. The first kappa shape index (κ1) is 21.0. The summed E-state index contributed by atoms with van der Waals surface area (Å²) in [6, 6.07) is 10.4. The lowest BCUT2D eigenvalue weighted by Crippen LogP contribution is -2.47. The van der Waals surface area contributed by atoms with Crippen LogP contribution in [0.25, 0.3) is 0 Å². The van der Waals surface area contributed by atoms with Crippen LogP contribution in [0.15, 0.2) is 42.5 Å². The van der Waals surface area contributed by atoms with Crippen LogP contribution < -0.4 is 15.4 Å². The number of aromatic carboxylic acids is 1. The maximum Gasteiger partial charge on any atom is 0.336 e. The summed E-state index contributed by atoms with van der Waals surface area (Å²) in [6.07, 6.45) is 0. The van der Waals surface area contributed by atoms with Crippen molar-refractivity contribution in [2.45, 2.75) is 26.8 Å². The van der Waals surface area contributed by atoms with Gasteiger partial charge in [-0.3, -0.25) is 9.59 Å². The number of aryl methyl sites for hydroxylation is 1. The quantitative estimate of drug-likeness (QED) is 0.680. The number of carbonyl (C=O) groups excluding carboxylic acids is 2. The summed E-state index contributed by atoms with van der Waals surface area (Å²) in [7, 11) is 1.54. The van der Waals surface area contributed by atoms with Crippen molar-refractivity contribution in [3.05, 3.63) is 59.2 Å². The minimum absolute atomic E-state index is 0.112. The maximum atomic E-state index is 12.7. The lowest BCUT2D eigenvalue weighted by Gasteiger charge is -2.22. The fraction of sp³-hybridized carbons (Fsp3) is 0.286. The molecule has 0 aliphatic heterocycles. The summed E-state index contributed by atoms with van der Waals surface area (Å²) in [5, 5.41) is 14.6. The first-order valence-corrected chi connectivity index (χ1v) is 8.82. The van der Waals surface area contributed by atoms with Crippen LogP contribution in [0.4, 0.5) is 5.69 Å². The highest BCUT2D eigenvalue weighted by atomic mass is 16.5. The van der Waals surface area contributed by atoms with E-state index in [1.165, 1.54) is 13.2 Å². The third kappa shape index (κ3) is 5.09. The number of hydrogen-bond acceptors (Lipinski definition) is 4. The monoisotopic (exact) mass is 384 g/mol. The van der Waals surface area contributed by atoms with Gasteiger partial charge in [-0.15, -0.1) is 0 Å². The van der Waals surface area contributed by atoms with E-state index in [0.717, 1.165) is 0 Å². The molecule has 3 N–H and O–H groups in total. The number of anilines is 1. The molecule has 0 spiro atoms. The SMILES string of the molecule is COc1ccc(C(=O)NC(C(=O)Nc2ccc(C)c(C(=O)O)c2)C(C)C)cc1. The summed E-state index contributed by atoms with van der Waals surface area (Å²) in [6.45, 7) is 5.31. The number of benzene rings is 2.